The number of benzene rings is 3. The van der Waals surface area contributed by atoms with E-state index in [9.17, 15) is 39.6 Å². The predicted octanol–water partition coefficient (Wildman–Crippen LogP) is 3.90. The second-order valence-corrected chi connectivity index (χ2v) is 7.58. The number of aromatic carboxylic acids is 4. The number of carbonyl (C=O) groups is 4. The average molecular weight is 480 g/mol. The fourth-order valence-corrected chi connectivity index (χ4v) is 3.55. The van der Waals surface area contributed by atoms with E-state index < -0.39 is 51.9 Å². The van der Waals surface area contributed by atoms with Crippen molar-refractivity contribution < 1.29 is 49.1 Å². The van der Waals surface area contributed by atoms with Gasteiger partial charge in [-0.05, 0) is 29.8 Å². The first-order valence-corrected chi connectivity index (χ1v) is 10.1. The number of rotatable bonds is 10. The van der Waals surface area contributed by atoms with Crippen molar-refractivity contribution in [3.8, 4) is 11.5 Å². The maximum Gasteiger partial charge on any atom is 0.340 e. The van der Waals surface area contributed by atoms with Gasteiger partial charge in [-0.15, -0.1) is 0 Å². The minimum atomic E-state index is -1.79. The summed E-state index contributed by atoms with van der Waals surface area (Å²) < 4.78 is 11.8. The van der Waals surface area contributed by atoms with Crippen molar-refractivity contribution in [2.75, 3.05) is 0 Å². The third-order valence-corrected chi connectivity index (χ3v) is 4.96. The molecule has 10 nitrogen and oxygen atoms in total. The van der Waals surface area contributed by atoms with Gasteiger partial charge in [0.1, 0.15) is 22.6 Å². The van der Waals surface area contributed by atoms with Crippen LogP contribution in [-0.2, 0) is 6.42 Å². The van der Waals surface area contributed by atoms with Crippen molar-refractivity contribution >= 4 is 23.9 Å². The number of hydrogen-bond donors (Lipinski definition) is 4. The zero-order chi connectivity index (χ0) is 25.8. The monoisotopic (exact) mass is 480 g/mol. The summed E-state index contributed by atoms with van der Waals surface area (Å²) in [5.74, 6) is -8.53. The largest absolute Gasteiger partial charge is 0.478 e. The van der Waals surface area contributed by atoms with E-state index in [0.717, 1.165) is 12.1 Å². The van der Waals surface area contributed by atoms with Crippen LogP contribution in [0.15, 0.2) is 66.7 Å². The van der Waals surface area contributed by atoms with E-state index in [2.05, 4.69) is 0 Å². The molecule has 3 rings (SSSR count). The molecule has 0 aromatic heterocycles. The van der Waals surface area contributed by atoms with E-state index in [1.54, 1.807) is 30.3 Å². The van der Waals surface area contributed by atoms with Gasteiger partial charge in [-0.2, -0.15) is 0 Å². The zero-order valence-corrected chi connectivity index (χ0v) is 18.3. The number of hydrogen-bond acceptors (Lipinski definition) is 6. The molecule has 0 aliphatic rings. The van der Waals surface area contributed by atoms with Crippen LogP contribution in [0.3, 0.4) is 0 Å². The van der Waals surface area contributed by atoms with E-state index in [4.69, 9.17) is 9.47 Å². The summed E-state index contributed by atoms with van der Waals surface area (Å²) in [5.41, 5.74) is -1.62. The zero-order valence-electron chi connectivity index (χ0n) is 18.3. The molecule has 3 aromatic rings. The number of carboxylic acid groups (broad SMARTS) is 4. The summed E-state index contributed by atoms with van der Waals surface area (Å²) in [6.07, 6.45) is -0.0411. The Morgan fingerprint density at radius 3 is 1.43 bits per heavy atom. The van der Waals surface area contributed by atoms with Crippen molar-refractivity contribution in [2.24, 2.45) is 0 Å². The van der Waals surface area contributed by atoms with Crippen molar-refractivity contribution in [2.45, 2.75) is 19.1 Å². The van der Waals surface area contributed by atoms with Crippen LogP contribution in [0.4, 0.5) is 0 Å². The molecule has 0 saturated carbocycles. The lowest BCUT2D eigenvalue weighted by atomic mass is 10.0. The molecule has 0 spiro atoms. The van der Waals surface area contributed by atoms with Crippen LogP contribution >= 0.6 is 0 Å². The highest BCUT2D eigenvalue weighted by molar-refractivity contribution is 6.04. The Morgan fingerprint density at radius 1 is 0.629 bits per heavy atom. The molecule has 3 aromatic carbocycles. The fraction of sp³-hybridized carbons (Fsp3) is 0.120. The molecule has 10 heteroatoms. The van der Waals surface area contributed by atoms with Gasteiger partial charge in [0.05, 0.1) is 11.1 Å². The highest BCUT2D eigenvalue weighted by Gasteiger charge is 2.35. The summed E-state index contributed by atoms with van der Waals surface area (Å²) >= 11 is 0. The van der Waals surface area contributed by atoms with Gasteiger partial charge in [0.15, 0.2) is 0 Å². The molecule has 0 fully saturated rings. The van der Waals surface area contributed by atoms with Crippen LogP contribution in [0.25, 0.3) is 0 Å². The molecule has 0 unspecified atom stereocenters. The smallest absolute Gasteiger partial charge is 0.340 e. The van der Waals surface area contributed by atoms with Gasteiger partial charge in [0, 0.05) is 13.3 Å². The van der Waals surface area contributed by atoms with Crippen molar-refractivity contribution in [1.29, 1.82) is 0 Å². The Hall–Kier alpha value is -4.86. The van der Waals surface area contributed by atoms with Crippen LogP contribution in [0.2, 0.25) is 0 Å². The van der Waals surface area contributed by atoms with Gasteiger partial charge in [-0.3, -0.25) is 0 Å². The number of ether oxygens (including phenoxy) is 2. The SMILES string of the molecule is CC(Cc1ccccc1)(Oc1cccc(C(=O)O)c1C(=O)O)Oc1cccc(C(=O)O)c1C(=O)O. The Kier molecular flexibility index (Phi) is 7.05. The fourth-order valence-electron chi connectivity index (χ4n) is 3.55. The van der Waals surface area contributed by atoms with Crippen LogP contribution < -0.4 is 9.47 Å². The molecule has 35 heavy (non-hydrogen) atoms. The van der Waals surface area contributed by atoms with E-state index in [1.165, 1.54) is 31.2 Å². The van der Waals surface area contributed by atoms with Crippen molar-refractivity contribution in [1.82, 2.24) is 0 Å². The molecule has 0 amide bonds. The summed E-state index contributed by atoms with van der Waals surface area (Å²) in [6.45, 7) is 1.40. The van der Waals surface area contributed by atoms with Gasteiger partial charge in [-0.25, -0.2) is 19.2 Å². The van der Waals surface area contributed by atoms with Gasteiger partial charge in [0.25, 0.3) is 5.79 Å². The van der Waals surface area contributed by atoms with Gasteiger partial charge in [-0.1, -0.05) is 42.5 Å². The molecule has 180 valence electrons. The minimum absolute atomic E-state index is 0.0411. The first kappa shape index (κ1) is 24.8. The average Bonchev–Trinajstić information content (AvgIpc) is 2.78. The van der Waals surface area contributed by atoms with Crippen LogP contribution in [0.5, 0.6) is 11.5 Å². The maximum absolute atomic E-state index is 11.9. The predicted molar refractivity (Wildman–Crippen MR) is 121 cm³/mol. The van der Waals surface area contributed by atoms with Gasteiger partial charge in [0.2, 0.25) is 0 Å². The van der Waals surface area contributed by atoms with E-state index in [1.807, 2.05) is 0 Å². The molecule has 0 atom stereocenters. The molecule has 0 heterocycles. The second kappa shape index (κ2) is 9.96. The highest BCUT2D eigenvalue weighted by atomic mass is 16.7. The standard InChI is InChI=1S/C25H20O10/c1-25(13-14-7-3-2-4-8-14,34-17-11-5-9-15(21(26)27)19(17)23(30)31)35-18-12-6-10-16(22(28)29)20(18)24(32)33/h2-12H,13H2,1H3,(H,26,27)(H,28,29)(H,30,31)(H,32,33). The molecular formula is C25H20O10. The summed E-state index contributed by atoms with van der Waals surface area (Å²) in [5, 5.41) is 38.2. The third-order valence-electron chi connectivity index (χ3n) is 4.96. The second-order valence-electron chi connectivity index (χ2n) is 7.58. The normalized spacial score (nSPS) is 10.9. The maximum atomic E-state index is 11.9. The molecule has 0 saturated heterocycles. The van der Waals surface area contributed by atoms with Crippen molar-refractivity contribution in [3.05, 3.63) is 94.5 Å². The van der Waals surface area contributed by atoms with E-state index in [0.29, 0.717) is 5.56 Å². The van der Waals surface area contributed by atoms with E-state index >= 15 is 0 Å². The molecule has 0 bridgehead atoms. The summed E-state index contributed by atoms with van der Waals surface area (Å²) in [6, 6.07) is 16.0. The molecular weight excluding hydrogens is 460 g/mol. The lowest BCUT2D eigenvalue weighted by molar-refractivity contribution is -0.0974. The Bertz CT molecular complexity index is 1220. The summed E-state index contributed by atoms with van der Waals surface area (Å²) in [7, 11) is 0. The Balaban J connectivity index is 2.15. The number of carboxylic acids is 4. The van der Waals surface area contributed by atoms with Crippen LogP contribution in [0.1, 0.15) is 53.9 Å². The van der Waals surface area contributed by atoms with Crippen molar-refractivity contribution in [3.63, 3.8) is 0 Å². The minimum Gasteiger partial charge on any atom is -0.478 e. The third kappa shape index (κ3) is 5.56. The van der Waals surface area contributed by atoms with Gasteiger partial charge < -0.3 is 29.9 Å². The topological polar surface area (TPSA) is 168 Å². The molecule has 4 N–H and O–H groups in total. The lowest BCUT2D eigenvalue weighted by Gasteiger charge is -2.33. The lowest BCUT2D eigenvalue weighted by Crippen LogP contribution is -2.42. The first-order chi connectivity index (χ1) is 16.5. The Labute approximate surface area is 198 Å². The van der Waals surface area contributed by atoms with Crippen LogP contribution in [0, 0.1) is 0 Å². The highest BCUT2D eigenvalue weighted by Crippen LogP contribution is 2.33. The Morgan fingerprint density at radius 2 is 1.06 bits per heavy atom. The summed E-state index contributed by atoms with van der Waals surface area (Å²) in [4.78, 5) is 46.9. The molecule has 0 aliphatic heterocycles. The first-order valence-electron chi connectivity index (χ1n) is 10.1. The molecule has 0 aliphatic carbocycles. The van der Waals surface area contributed by atoms with E-state index in [-0.39, 0.29) is 17.9 Å². The van der Waals surface area contributed by atoms with Crippen LogP contribution in [-0.4, -0.2) is 50.1 Å². The van der Waals surface area contributed by atoms with Gasteiger partial charge >= 0.3 is 23.9 Å². The molecule has 0 radical (unpaired) electrons. The quantitative estimate of drug-likeness (QED) is 0.312.